The summed E-state index contributed by atoms with van der Waals surface area (Å²) >= 11 is 0. The number of alkyl halides is 5. The van der Waals surface area contributed by atoms with Crippen molar-refractivity contribution in [2.24, 2.45) is 47.3 Å². The Labute approximate surface area is 310 Å². The van der Waals surface area contributed by atoms with Gasteiger partial charge in [-0.2, -0.15) is 8.78 Å². The van der Waals surface area contributed by atoms with Gasteiger partial charge in [0.05, 0.1) is 11.8 Å². The second-order valence-electron chi connectivity index (χ2n) is 16.0. The summed E-state index contributed by atoms with van der Waals surface area (Å²) in [6.45, 7) is 1.81. The molecule has 294 valence electrons. The molecule has 6 nitrogen and oxygen atoms in total. The third-order valence-electron chi connectivity index (χ3n) is 12.2. The van der Waals surface area contributed by atoms with Gasteiger partial charge < -0.3 is 18.9 Å². The monoisotopic (exact) mass is 750 g/mol. The zero-order chi connectivity index (χ0) is 38.0. The summed E-state index contributed by atoms with van der Waals surface area (Å²) in [5, 5.41) is 0. The van der Waals surface area contributed by atoms with Gasteiger partial charge in [0.15, 0.2) is 0 Å². The Kier molecular flexibility index (Phi) is 14.9. The van der Waals surface area contributed by atoms with E-state index in [2.05, 4.69) is 23.3 Å². The Hall–Kier alpha value is -3.37. The maximum atomic E-state index is 12.4. The molecule has 4 saturated carbocycles. The van der Waals surface area contributed by atoms with Gasteiger partial charge in [0.2, 0.25) is 0 Å². The normalized spacial score (nSPS) is 29.3. The Morgan fingerprint density at radius 1 is 0.509 bits per heavy atom. The van der Waals surface area contributed by atoms with Crippen LogP contribution >= 0.6 is 0 Å². The second-order valence-corrected chi connectivity index (χ2v) is 16.0. The molecule has 0 amide bonds. The first-order valence-corrected chi connectivity index (χ1v) is 19.6. The van der Waals surface area contributed by atoms with Crippen molar-refractivity contribution < 1.29 is 50.5 Å². The van der Waals surface area contributed by atoms with Crippen molar-refractivity contribution in [1.82, 2.24) is 0 Å². The number of carbonyl (C=O) groups is 2. The summed E-state index contributed by atoms with van der Waals surface area (Å²) in [5.74, 6) is 4.54. The lowest BCUT2D eigenvalue weighted by Crippen LogP contribution is -2.29. The van der Waals surface area contributed by atoms with Gasteiger partial charge in [0, 0.05) is 0 Å². The molecule has 4 fully saturated rings. The van der Waals surface area contributed by atoms with E-state index in [-0.39, 0.29) is 41.0 Å². The van der Waals surface area contributed by atoms with Crippen LogP contribution in [-0.4, -0.2) is 24.9 Å². The minimum atomic E-state index is -4.73. The molecule has 0 saturated heterocycles. The van der Waals surface area contributed by atoms with Gasteiger partial charge in [0.1, 0.15) is 23.0 Å². The number of esters is 2. The average Bonchev–Trinajstić information content (AvgIpc) is 3.13. The SMILES string of the molecule is CC1CCC(C2CCC(C(=O)Oc3ccc(OC(F)(F)F)cc3)CC2)CC1.CC1CCC(C2CCC(C(=O)Oc3ccc(OC(F)F)cc3)CC2)CC1. The number of ether oxygens (including phenoxy) is 4. The van der Waals surface area contributed by atoms with Crippen molar-refractivity contribution in [3.05, 3.63) is 48.5 Å². The van der Waals surface area contributed by atoms with Crippen LogP contribution in [-0.2, 0) is 9.59 Å². The van der Waals surface area contributed by atoms with Crippen LogP contribution in [0.15, 0.2) is 48.5 Å². The molecular formula is C42H55F5O6. The van der Waals surface area contributed by atoms with Crippen molar-refractivity contribution in [2.45, 2.75) is 130 Å². The summed E-state index contributed by atoms with van der Waals surface area (Å²) in [7, 11) is 0. The van der Waals surface area contributed by atoms with E-state index >= 15 is 0 Å². The van der Waals surface area contributed by atoms with Crippen LogP contribution in [0.1, 0.15) is 117 Å². The summed E-state index contributed by atoms with van der Waals surface area (Å²) in [6, 6.07) is 10.7. The van der Waals surface area contributed by atoms with Gasteiger partial charge >= 0.3 is 24.9 Å². The van der Waals surface area contributed by atoms with Gasteiger partial charge in [-0.15, -0.1) is 13.2 Å². The number of halogens is 5. The zero-order valence-corrected chi connectivity index (χ0v) is 31.0. The number of hydrogen-bond acceptors (Lipinski definition) is 6. The largest absolute Gasteiger partial charge is 0.573 e. The number of rotatable bonds is 9. The first-order chi connectivity index (χ1) is 25.3. The quantitative estimate of drug-likeness (QED) is 0.144. The number of hydrogen-bond donors (Lipinski definition) is 0. The molecule has 0 bridgehead atoms. The average molecular weight is 751 g/mol. The molecule has 0 aromatic heterocycles. The lowest BCUT2D eigenvalue weighted by Gasteiger charge is -2.36. The molecule has 4 aliphatic carbocycles. The molecular weight excluding hydrogens is 695 g/mol. The van der Waals surface area contributed by atoms with Crippen molar-refractivity contribution in [3.63, 3.8) is 0 Å². The Morgan fingerprint density at radius 3 is 1.13 bits per heavy atom. The van der Waals surface area contributed by atoms with E-state index < -0.39 is 13.0 Å². The lowest BCUT2D eigenvalue weighted by atomic mass is 9.69. The highest BCUT2D eigenvalue weighted by Gasteiger charge is 2.35. The van der Waals surface area contributed by atoms with Crippen LogP contribution in [0.2, 0.25) is 0 Å². The number of carbonyl (C=O) groups excluding carboxylic acids is 2. The minimum absolute atomic E-state index is 0.0502. The first kappa shape index (κ1) is 40.8. The Morgan fingerprint density at radius 2 is 0.811 bits per heavy atom. The van der Waals surface area contributed by atoms with Crippen LogP contribution in [0.3, 0.4) is 0 Å². The first-order valence-electron chi connectivity index (χ1n) is 19.6. The van der Waals surface area contributed by atoms with Crippen molar-refractivity contribution >= 4 is 11.9 Å². The molecule has 2 aromatic carbocycles. The van der Waals surface area contributed by atoms with Crippen molar-refractivity contribution in [3.8, 4) is 23.0 Å². The maximum absolute atomic E-state index is 12.4. The highest BCUT2D eigenvalue weighted by molar-refractivity contribution is 5.75. The second kappa shape index (κ2) is 19.3. The van der Waals surface area contributed by atoms with E-state index in [4.69, 9.17) is 9.47 Å². The minimum Gasteiger partial charge on any atom is -0.435 e. The fourth-order valence-electron chi connectivity index (χ4n) is 8.96. The molecule has 2 aromatic rings. The van der Waals surface area contributed by atoms with Crippen LogP contribution < -0.4 is 18.9 Å². The fourth-order valence-corrected chi connectivity index (χ4v) is 8.96. The van der Waals surface area contributed by atoms with E-state index in [0.29, 0.717) is 5.75 Å². The summed E-state index contributed by atoms with van der Waals surface area (Å²) in [5.41, 5.74) is 0. The van der Waals surface area contributed by atoms with E-state index in [1.165, 1.54) is 87.8 Å². The van der Waals surface area contributed by atoms with Gasteiger partial charge in [-0.1, -0.05) is 39.5 Å². The third kappa shape index (κ3) is 13.2. The molecule has 0 spiro atoms. The topological polar surface area (TPSA) is 71.1 Å². The van der Waals surface area contributed by atoms with E-state index in [1.807, 2.05) is 0 Å². The zero-order valence-electron chi connectivity index (χ0n) is 31.0. The van der Waals surface area contributed by atoms with Gasteiger partial charge in [-0.25, -0.2) is 0 Å². The fraction of sp³-hybridized carbons (Fsp3) is 0.667. The lowest BCUT2D eigenvalue weighted by molar-refractivity contribution is -0.274. The number of benzene rings is 2. The van der Waals surface area contributed by atoms with Crippen molar-refractivity contribution in [2.75, 3.05) is 0 Å². The molecule has 0 aliphatic heterocycles. The smallest absolute Gasteiger partial charge is 0.435 e. The van der Waals surface area contributed by atoms with Gasteiger partial charge in [0.25, 0.3) is 0 Å². The van der Waals surface area contributed by atoms with Crippen LogP contribution in [0.4, 0.5) is 22.0 Å². The molecule has 6 rings (SSSR count). The standard InChI is InChI=1S/C21H27F3O3.C21H28F2O3/c1-14-2-4-15(5-3-14)16-6-8-17(9-7-16)20(25)26-18-10-12-19(13-11-18)27-21(22,23)24;1-14-2-4-15(5-3-14)16-6-8-17(9-7-16)20(24)25-18-10-12-19(13-11-18)26-21(22)23/h10-17H,2-9H2,1H3;10-17,21H,2-9H2,1H3. The Balaban J connectivity index is 0.000000204. The predicted octanol–water partition coefficient (Wildman–Crippen LogP) is 11.9. The molecule has 53 heavy (non-hydrogen) atoms. The molecule has 4 aliphatic rings. The molecule has 0 radical (unpaired) electrons. The molecule has 0 atom stereocenters. The van der Waals surface area contributed by atoms with E-state index in [9.17, 15) is 31.5 Å². The molecule has 0 N–H and O–H groups in total. The van der Waals surface area contributed by atoms with Crippen molar-refractivity contribution in [1.29, 1.82) is 0 Å². The molecule has 0 heterocycles. The van der Waals surface area contributed by atoms with E-state index in [1.54, 1.807) is 0 Å². The van der Waals surface area contributed by atoms with Gasteiger partial charge in [-0.05, 0) is 161 Å². The third-order valence-corrected chi connectivity index (χ3v) is 12.2. The van der Waals surface area contributed by atoms with Crippen LogP contribution in [0.5, 0.6) is 23.0 Å². The van der Waals surface area contributed by atoms with Crippen LogP contribution in [0, 0.1) is 47.3 Å². The maximum Gasteiger partial charge on any atom is 0.573 e. The van der Waals surface area contributed by atoms with Crippen LogP contribution in [0.25, 0.3) is 0 Å². The van der Waals surface area contributed by atoms with E-state index in [0.717, 1.165) is 99.0 Å². The summed E-state index contributed by atoms with van der Waals surface area (Å²) in [6.07, 6.45) is 13.7. The molecule has 0 unspecified atom stereocenters. The molecule has 11 heteroatoms. The van der Waals surface area contributed by atoms with Gasteiger partial charge in [-0.3, -0.25) is 9.59 Å². The highest BCUT2D eigenvalue weighted by atomic mass is 19.4. The summed E-state index contributed by atoms with van der Waals surface area (Å²) in [4.78, 5) is 24.8. The summed E-state index contributed by atoms with van der Waals surface area (Å²) < 4.78 is 79.7. The Bertz CT molecular complexity index is 1400. The highest BCUT2D eigenvalue weighted by Crippen LogP contribution is 2.43. The predicted molar refractivity (Wildman–Crippen MR) is 191 cm³/mol.